The van der Waals surface area contributed by atoms with Gasteiger partial charge >= 0.3 is 11.9 Å². The molecule has 0 aromatic heterocycles. The van der Waals surface area contributed by atoms with Crippen LogP contribution in [0.1, 0.15) is 309 Å². The van der Waals surface area contributed by atoms with Crippen LogP contribution in [0.4, 0.5) is 0 Å². The van der Waals surface area contributed by atoms with Gasteiger partial charge < -0.3 is 27.9 Å². The monoisotopic (exact) mass is 1120 g/mol. The zero-order valence-corrected chi connectivity index (χ0v) is 52.8. The van der Waals surface area contributed by atoms with E-state index in [1.54, 1.807) is 0 Å². The van der Waals surface area contributed by atoms with E-state index >= 15 is 0 Å². The van der Waals surface area contributed by atoms with Gasteiger partial charge in [0.1, 0.15) is 19.8 Å². The van der Waals surface area contributed by atoms with Crippen LogP contribution in [-0.4, -0.2) is 70.0 Å². The van der Waals surface area contributed by atoms with Crippen LogP contribution in [-0.2, 0) is 32.7 Å². The number of carbonyl (C=O) groups excluding carboxylic acids is 2. The van der Waals surface area contributed by atoms with Gasteiger partial charge in [-0.15, -0.1) is 0 Å². The lowest BCUT2D eigenvalue weighted by molar-refractivity contribution is -0.870. The van der Waals surface area contributed by atoms with Crippen molar-refractivity contribution < 1.29 is 42.1 Å². The molecule has 78 heavy (non-hydrogen) atoms. The maximum atomic E-state index is 12.8. The number of phosphoric ester groups is 1. The van der Waals surface area contributed by atoms with Crippen LogP contribution in [0.15, 0.2) is 60.8 Å². The average molecular weight is 1120 g/mol. The smallest absolute Gasteiger partial charge is 0.306 e. The van der Waals surface area contributed by atoms with Gasteiger partial charge in [-0.1, -0.05) is 274 Å². The minimum absolute atomic E-state index is 0.0316. The Morgan fingerprint density at radius 2 is 0.692 bits per heavy atom. The number of likely N-dealkylation sites (N-methyl/N-ethyl adjacent to an activating group) is 1. The molecular formula is C68H126NO8P. The third kappa shape index (κ3) is 62.9. The minimum atomic E-state index is -4.64. The molecule has 0 spiro atoms. The van der Waals surface area contributed by atoms with Crippen LogP contribution in [0.3, 0.4) is 0 Å². The van der Waals surface area contributed by atoms with Crippen LogP contribution in [0.5, 0.6) is 0 Å². The number of carbonyl (C=O) groups is 2. The van der Waals surface area contributed by atoms with Crippen LogP contribution in [0.2, 0.25) is 0 Å². The summed E-state index contributed by atoms with van der Waals surface area (Å²) in [5, 5.41) is 0. The number of hydrogen-bond acceptors (Lipinski definition) is 8. The van der Waals surface area contributed by atoms with Crippen molar-refractivity contribution >= 4 is 19.8 Å². The van der Waals surface area contributed by atoms with Gasteiger partial charge in [0.2, 0.25) is 0 Å². The summed E-state index contributed by atoms with van der Waals surface area (Å²) in [7, 11) is 1.17. The molecule has 0 aliphatic heterocycles. The average Bonchev–Trinajstić information content (AvgIpc) is 3.41. The third-order valence-corrected chi connectivity index (χ3v) is 15.5. The van der Waals surface area contributed by atoms with Crippen molar-refractivity contribution in [3.05, 3.63) is 60.8 Å². The number of quaternary nitrogens is 1. The molecule has 2 atom stereocenters. The second-order valence-electron chi connectivity index (χ2n) is 23.5. The third-order valence-electron chi connectivity index (χ3n) is 14.5. The Hall–Kier alpha value is -2.29. The molecule has 0 aromatic carbocycles. The lowest BCUT2D eigenvalue weighted by Gasteiger charge is -2.28. The van der Waals surface area contributed by atoms with Gasteiger partial charge in [0, 0.05) is 12.8 Å². The van der Waals surface area contributed by atoms with Crippen molar-refractivity contribution in [3.8, 4) is 0 Å². The number of esters is 2. The standard InChI is InChI=1S/C68H126NO8P/c1-6-8-10-12-14-16-18-20-22-24-26-28-29-30-31-32-33-34-35-36-37-38-39-41-43-45-47-49-51-53-55-57-59-61-68(71)77-66(65-76-78(72,73)75-63-62-69(3,4)5)64-74-67(70)60-58-56-54-52-50-48-46-44-42-40-27-25-23-21-19-17-15-13-11-9-7-2/h18-21,24-27,29-30,66H,6-17,22-23,28,31-65H2,1-5H3/b20-18-,21-19-,26-24-,27-25-,30-29-. The summed E-state index contributed by atoms with van der Waals surface area (Å²) < 4.78 is 34.3. The highest BCUT2D eigenvalue weighted by atomic mass is 31.2. The fourth-order valence-corrected chi connectivity index (χ4v) is 10.1. The maximum Gasteiger partial charge on any atom is 0.306 e. The Morgan fingerprint density at radius 3 is 1.03 bits per heavy atom. The lowest BCUT2D eigenvalue weighted by Crippen LogP contribution is -2.37. The molecule has 2 unspecified atom stereocenters. The van der Waals surface area contributed by atoms with E-state index in [2.05, 4.69) is 74.6 Å². The number of unbranched alkanes of at least 4 members (excludes halogenated alkanes) is 37. The number of ether oxygens (including phenoxy) is 2. The number of nitrogens with zero attached hydrogens (tertiary/aromatic N) is 1. The van der Waals surface area contributed by atoms with Crippen molar-refractivity contribution in [1.82, 2.24) is 0 Å². The first-order valence-electron chi connectivity index (χ1n) is 33.0. The molecule has 0 radical (unpaired) electrons. The van der Waals surface area contributed by atoms with E-state index in [0.29, 0.717) is 17.4 Å². The summed E-state index contributed by atoms with van der Waals surface area (Å²) >= 11 is 0. The molecule has 0 aliphatic carbocycles. The van der Waals surface area contributed by atoms with Gasteiger partial charge in [-0.3, -0.25) is 14.2 Å². The van der Waals surface area contributed by atoms with E-state index in [1.807, 2.05) is 21.1 Å². The molecule has 0 amide bonds. The molecule has 0 aromatic rings. The zero-order chi connectivity index (χ0) is 57.0. The van der Waals surface area contributed by atoms with Gasteiger partial charge in [-0.05, 0) is 83.5 Å². The predicted molar refractivity (Wildman–Crippen MR) is 333 cm³/mol. The molecule has 0 rings (SSSR count). The number of phosphoric acid groups is 1. The first kappa shape index (κ1) is 75.7. The number of allylic oxidation sites excluding steroid dienone is 10. The Bertz CT molecular complexity index is 1500. The summed E-state index contributed by atoms with van der Waals surface area (Å²) in [4.78, 5) is 38.0. The van der Waals surface area contributed by atoms with Crippen LogP contribution < -0.4 is 4.89 Å². The molecule has 0 heterocycles. The zero-order valence-electron chi connectivity index (χ0n) is 51.9. The molecule has 456 valence electrons. The Kier molecular flexibility index (Phi) is 57.6. The van der Waals surface area contributed by atoms with Crippen molar-refractivity contribution in [2.75, 3.05) is 47.5 Å². The fourth-order valence-electron chi connectivity index (χ4n) is 9.40. The molecule has 10 heteroatoms. The first-order valence-corrected chi connectivity index (χ1v) is 34.5. The molecule has 0 aliphatic rings. The van der Waals surface area contributed by atoms with Crippen molar-refractivity contribution in [2.45, 2.75) is 315 Å². The summed E-state index contributed by atoms with van der Waals surface area (Å²) in [6.07, 6.45) is 77.1. The molecule has 0 bridgehead atoms. The van der Waals surface area contributed by atoms with E-state index in [0.717, 1.165) is 57.8 Å². The molecule has 0 saturated heterocycles. The normalized spacial score (nSPS) is 13.6. The highest BCUT2D eigenvalue weighted by Gasteiger charge is 2.22. The topological polar surface area (TPSA) is 111 Å². The molecule has 0 N–H and O–H groups in total. The highest BCUT2D eigenvalue weighted by Crippen LogP contribution is 2.38. The molecule has 9 nitrogen and oxygen atoms in total. The second kappa shape index (κ2) is 59.3. The predicted octanol–water partition coefficient (Wildman–Crippen LogP) is 20.4. The van der Waals surface area contributed by atoms with Crippen molar-refractivity contribution in [2.24, 2.45) is 0 Å². The second-order valence-corrected chi connectivity index (χ2v) is 24.9. The van der Waals surface area contributed by atoms with Crippen LogP contribution >= 0.6 is 7.82 Å². The molecule has 0 fully saturated rings. The largest absolute Gasteiger partial charge is 0.756 e. The van der Waals surface area contributed by atoms with Crippen molar-refractivity contribution in [3.63, 3.8) is 0 Å². The summed E-state index contributed by atoms with van der Waals surface area (Å²) in [6, 6.07) is 0. The van der Waals surface area contributed by atoms with E-state index in [4.69, 9.17) is 18.5 Å². The van der Waals surface area contributed by atoms with Crippen molar-refractivity contribution in [1.29, 1.82) is 0 Å². The van der Waals surface area contributed by atoms with Gasteiger partial charge in [-0.25, -0.2) is 0 Å². The lowest BCUT2D eigenvalue weighted by atomic mass is 10.0. The van der Waals surface area contributed by atoms with E-state index in [1.165, 1.54) is 218 Å². The molecule has 0 saturated carbocycles. The van der Waals surface area contributed by atoms with E-state index < -0.39 is 26.5 Å². The minimum Gasteiger partial charge on any atom is -0.756 e. The highest BCUT2D eigenvalue weighted by molar-refractivity contribution is 7.45. The van der Waals surface area contributed by atoms with Crippen LogP contribution in [0, 0.1) is 0 Å². The van der Waals surface area contributed by atoms with E-state index in [-0.39, 0.29) is 32.0 Å². The Labute approximate surface area is 483 Å². The van der Waals surface area contributed by atoms with Gasteiger partial charge in [-0.2, -0.15) is 0 Å². The Morgan fingerprint density at radius 1 is 0.397 bits per heavy atom. The fraction of sp³-hybridized carbons (Fsp3) is 0.824. The van der Waals surface area contributed by atoms with Gasteiger partial charge in [0.15, 0.2) is 6.10 Å². The number of hydrogen-bond donors (Lipinski definition) is 0. The summed E-state index contributed by atoms with van der Waals surface area (Å²) in [6.45, 7) is 4.25. The summed E-state index contributed by atoms with van der Waals surface area (Å²) in [5.41, 5.74) is 0. The maximum absolute atomic E-state index is 12.8. The quantitative estimate of drug-likeness (QED) is 0.0195. The summed E-state index contributed by atoms with van der Waals surface area (Å²) in [5.74, 6) is -0.827. The SMILES string of the molecule is CCCCCCC/C=C\C/C=C\C/C=C\CCCCCCCCCCCCCCCCCCCCC(=O)OC(COC(=O)CCCCCCCCCCC/C=C\C/C=C\CCCCCCC)COP(=O)([O-])OCC[N+](C)(C)C. The van der Waals surface area contributed by atoms with Gasteiger partial charge in [0.25, 0.3) is 7.82 Å². The number of rotatable bonds is 61. The van der Waals surface area contributed by atoms with Gasteiger partial charge in [0.05, 0.1) is 27.7 Å². The first-order chi connectivity index (χ1) is 38.0. The van der Waals surface area contributed by atoms with E-state index in [9.17, 15) is 19.0 Å². The van der Waals surface area contributed by atoms with Crippen LogP contribution in [0.25, 0.3) is 0 Å². The molecular weight excluding hydrogens is 990 g/mol. The Balaban J connectivity index is 4.04.